The number of carbonyl (C=O) groups excluding carboxylic acids is 2. The van der Waals surface area contributed by atoms with Crippen LogP contribution in [0.25, 0.3) is 0 Å². The third-order valence-corrected chi connectivity index (χ3v) is 5.67. The van der Waals surface area contributed by atoms with Gasteiger partial charge in [0.15, 0.2) is 11.7 Å². The molecule has 0 aliphatic heterocycles. The number of hydrazine groups is 1. The molecule has 0 aliphatic rings. The number of hydrogen-bond acceptors (Lipinski definition) is 4. The van der Waals surface area contributed by atoms with Gasteiger partial charge in [-0.1, -0.05) is 73.7 Å². The highest BCUT2D eigenvalue weighted by atomic mass is 79.9. The molecule has 0 unspecified atom stereocenters. The third kappa shape index (κ3) is 7.13. The maximum absolute atomic E-state index is 13.0. The zero-order valence-electron chi connectivity index (χ0n) is 18.0. The minimum atomic E-state index is -0.537. The van der Waals surface area contributed by atoms with Gasteiger partial charge in [-0.3, -0.25) is 25.8 Å². The number of nitrogens with one attached hydrogen (secondary N) is 3. The van der Waals surface area contributed by atoms with Crippen LogP contribution in [0.2, 0.25) is 0 Å². The van der Waals surface area contributed by atoms with E-state index in [4.69, 9.17) is 17.0 Å². The summed E-state index contributed by atoms with van der Waals surface area (Å²) in [5.41, 5.74) is 8.01. The number of aryl methyl sites for hydroxylation is 1. The van der Waals surface area contributed by atoms with Gasteiger partial charge in [0.2, 0.25) is 5.91 Å². The van der Waals surface area contributed by atoms with Crippen molar-refractivity contribution in [2.24, 2.45) is 0 Å². The van der Waals surface area contributed by atoms with Crippen molar-refractivity contribution >= 4 is 45.1 Å². The van der Waals surface area contributed by atoms with E-state index in [-0.39, 0.29) is 17.6 Å². The quantitative estimate of drug-likeness (QED) is 0.317. The van der Waals surface area contributed by atoms with Gasteiger partial charge < -0.3 is 4.74 Å². The molecule has 0 aromatic heterocycles. The van der Waals surface area contributed by atoms with Crippen molar-refractivity contribution in [2.45, 2.75) is 19.3 Å². The zero-order chi connectivity index (χ0) is 23.6. The largest absolute Gasteiger partial charge is 0.483 e. The average molecular weight is 526 g/mol. The van der Waals surface area contributed by atoms with Gasteiger partial charge in [0.25, 0.3) is 5.91 Å². The monoisotopic (exact) mass is 525 g/mol. The molecule has 0 aliphatic carbocycles. The first-order chi connectivity index (χ1) is 16.0. The van der Waals surface area contributed by atoms with Gasteiger partial charge in [-0.15, -0.1) is 0 Å². The summed E-state index contributed by atoms with van der Waals surface area (Å²) in [4.78, 5) is 25.2. The highest BCUT2D eigenvalue weighted by Crippen LogP contribution is 2.26. The Morgan fingerprint density at radius 1 is 0.939 bits per heavy atom. The second-order valence-corrected chi connectivity index (χ2v) is 8.42. The summed E-state index contributed by atoms with van der Waals surface area (Å²) in [5.74, 6) is -0.732. The number of carbonyl (C=O) groups is 2. The van der Waals surface area contributed by atoms with Crippen LogP contribution in [0.1, 0.15) is 29.5 Å². The predicted molar refractivity (Wildman–Crippen MR) is 136 cm³/mol. The molecule has 170 valence electrons. The van der Waals surface area contributed by atoms with Crippen molar-refractivity contribution in [3.63, 3.8) is 0 Å². The van der Waals surface area contributed by atoms with Crippen molar-refractivity contribution in [2.75, 3.05) is 6.61 Å². The van der Waals surface area contributed by atoms with Crippen LogP contribution in [0.3, 0.4) is 0 Å². The molecule has 0 saturated carbocycles. The maximum atomic E-state index is 13.0. The van der Waals surface area contributed by atoms with E-state index in [9.17, 15) is 9.59 Å². The fraction of sp³-hybridized carbons (Fsp3) is 0.160. The Morgan fingerprint density at radius 3 is 2.09 bits per heavy atom. The Bertz CT molecular complexity index is 1070. The molecule has 0 spiro atoms. The highest BCUT2D eigenvalue weighted by Gasteiger charge is 2.22. The molecule has 0 saturated heterocycles. The van der Waals surface area contributed by atoms with Crippen LogP contribution in [-0.2, 0) is 16.0 Å². The van der Waals surface area contributed by atoms with E-state index < -0.39 is 11.8 Å². The van der Waals surface area contributed by atoms with E-state index in [2.05, 4.69) is 39.0 Å². The molecule has 0 bridgehead atoms. The maximum Gasteiger partial charge on any atom is 0.264 e. The standard InChI is InChI=1S/C25H24BrN3O3S/c1-2-17-13-14-21(20(26)15-17)32-16-22(30)27-25(33)29-28-24(31)23(18-9-5-3-6-10-18)19-11-7-4-8-12-19/h3-15,23H,2,16H2,1H3,(H,28,31)(H2,27,29,30,33). The molecular weight excluding hydrogens is 502 g/mol. The van der Waals surface area contributed by atoms with Crippen LogP contribution >= 0.6 is 28.1 Å². The van der Waals surface area contributed by atoms with Crippen molar-refractivity contribution in [1.82, 2.24) is 16.2 Å². The zero-order valence-corrected chi connectivity index (χ0v) is 20.4. The van der Waals surface area contributed by atoms with Gasteiger partial charge in [0, 0.05) is 0 Å². The molecule has 0 fully saturated rings. The Kier molecular flexibility index (Phi) is 8.97. The minimum absolute atomic E-state index is 0.0304. The minimum Gasteiger partial charge on any atom is -0.483 e. The molecule has 33 heavy (non-hydrogen) atoms. The number of hydrogen-bond donors (Lipinski definition) is 3. The molecule has 0 heterocycles. The Hall–Kier alpha value is -3.23. The molecule has 6 nitrogen and oxygen atoms in total. The van der Waals surface area contributed by atoms with Crippen molar-refractivity contribution in [3.8, 4) is 5.75 Å². The summed E-state index contributed by atoms with van der Waals surface area (Å²) in [5, 5.41) is 2.46. The lowest BCUT2D eigenvalue weighted by atomic mass is 9.91. The van der Waals surface area contributed by atoms with E-state index in [0.717, 1.165) is 27.6 Å². The van der Waals surface area contributed by atoms with Gasteiger partial charge in [0.1, 0.15) is 5.75 Å². The van der Waals surface area contributed by atoms with Crippen molar-refractivity contribution < 1.29 is 14.3 Å². The molecule has 3 aromatic rings. The number of thiocarbonyl (C=S) groups is 1. The SMILES string of the molecule is CCc1ccc(OCC(=O)NC(=S)NNC(=O)C(c2ccccc2)c2ccccc2)c(Br)c1. The summed E-state index contributed by atoms with van der Waals surface area (Å²) in [6.07, 6.45) is 0.903. The van der Waals surface area contributed by atoms with Gasteiger partial charge in [-0.05, 0) is 63.4 Å². The summed E-state index contributed by atoms with van der Waals surface area (Å²) in [7, 11) is 0. The molecule has 2 amide bonds. The Labute approximate surface area is 206 Å². The van der Waals surface area contributed by atoms with E-state index >= 15 is 0 Å². The summed E-state index contributed by atoms with van der Waals surface area (Å²) >= 11 is 8.57. The second kappa shape index (κ2) is 12.1. The molecule has 8 heteroatoms. The fourth-order valence-corrected chi connectivity index (χ4v) is 3.90. The van der Waals surface area contributed by atoms with E-state index in [1.54, 1.807) is 6.07 Å². The first-order valence-electron chi connectivity index (χ1n) is 10.4. The van der Waals surface area contributed by atoms with Gasteiger partial charge in [-0.2, -0.15) is 0 Å². The molecule has 3 rings (SSSR count). The highest BCUT2D eigenvalue weighted by molar-refractivity contribution is 9.10. The second-order valence-electron chi connectivity index (χ2n) is 7.15. The van der Waals surface area contributed by atoms with Gasteiger partial charge in [-0.25, -0.2) is 0 Å². The molecular formula is C25H24BrN3O3S. The fourth-order valence-electron chi connectivity index (χ4n) is 3.20. The lowest BCUT2D eigenvalue weighted by molar-refractivity contribution is -0.123. The third-order valence-electron chi connectivity index (χ3n) is 4.84. The van der Waals surface area contributed by atoms with Crippen molar-refractivity contribution in [1.29, 1.82) is 0 Å². The van der Waals surface area contributed by atoms with Crippen LogP contribution in [0.5, 0.6) is 5.75 Å². The van der Waals surface area contributed by atoms with E-state index in [1.807, 2.05) is 72.8 Å². The summed E-state index contributed by atoms with van der Waals surface area (Å²) < 4.78 is 6.32. The first-order valence-corrected chi connectivity index (χ1v) is 11.6. The average Bonchev–Trinajstić information content (AvgIpc) is 2.83. The number of rotatable bonds is 7. The number of ether oxygens (including phenoxy) is 1. The lowest BCUT2D eigenvalue weighted by Gasteiger charge is -2.19. The van der Waals surface area contributed by atoms with Gasteiger partial charge in [0.05, 0.1) is 10.4 Å². The molecule has 0 radical (unpaired) electrons. The summed E-state index contributed by atoms with van der Waals surface area (Å²) in [6.45, 7) is 1.83. The molecule has 3 aromatic carbocycles. The predicted octanol–water partition coefficient (Wildman–Crippen LogP) is 4.24. The van der Waals surface area contributed by atoms with Crippen LogP contribution in [0.4, 0.5) is 0 Å². The number of amides is 2. The summed E-state index contributed by atoms with van der Waals surface area (Å²) in [6, 6.07) is 24.6. The van der Waals surface area contributed by atoms with Crippen molar-refractivity contribution in [3.05, 3.63) is 100 Å². The number of halogens is 1. The van der Waals surface area contributed by atoms with Crippen LogP contribution < -0.4 is 20.9 Å². The van der Waals surface area contributed by atoms with Crippen LogP contribution in [-0.4, -0.2) is 23.5 Å². The Balaban J connectivity index is 1.53. The smallest absolute Gasteiger partial charge is 0.264 e. The first kappa shape index (κ1) is 24.4. The number of benzene rings is 3. The molecule has 0 atom stereocenters. The lowest BCUT2D eigenvalue weighted by Crippen LogP contribution is -2.50. The molecule has 3 N–H and O–H groups in total. The van der Waals surface area contributed by atoms with E-state index in [0.29, 0.717) is 5.75 Å². The van der Waals surface area contributed by atoms with E-state index in [1.165, 1.54) is 0 Å². The topological polar surface area (TPSA) is 79.5 Å². The Morgan fingerprint density at radius 2 is 1.55 bits per heavy atom. The normalized spacial score (nSPS) is 10.4. The van der Waals surface area contributed by atoms with Crippen LogP contribution in [0.15, 0.2) is 83.3 Å². The van der Waals surface area contributed by atoms with Gasteiger partial charge >= 0.3 is 0 Å². The van der Waals surface area contributed by atoms with Crippen LogP contribution in [0, 0.1) is 0 Å².